The first kappa shape index (κ1) is 10.2. The third-order valence-corrected chi connectivity index (χ3v) is 3.48. The van der Waals surface area contributed by atoms with Crippen LogP contribution in [0.1, 0.15) is 12.5 Å². The molecule has 1 aromatic rings. The van der Waals surface area contributed by atoms with Crippen LogP contribution < -0.4 is 5.73 Å². The number of sulfone groups is 1. The van der Waals surface area contributed by atoms with Gasteiger partial charge in [-0.1, -0.05) is 13.0 Å². The lowest BCUT2D eigenvalue weighted by Crippen LogP contribution is -2.04. The molecule has 0 aliphatic heterocycles. The average molecular weight is 198 g/mol. The van der Waals surface area contributed by atoms with E-state index in [4.69, 9.17) is 5.73 Å². The molecule has 1 radical (unpaired) electrons. The van der Waals surface area contributed by atoms with Crippen LogP contribution >= 0.6 is 0 Å². The minimum Gasteiger partial charge on any atom is -0.326 e. The van der Waals surface area contributed by atoms with Crippen molar-refractivity contribution >= 4 is 9.84 Å². The quantitative estimate of drug-likeness (QED) is 0.779. The Labute approximate surface area is 78.5 Å². The average Bonchev–Trinajstić information content (AvgIpc) is 2.18. The van der Waals surface area contributed by atoms with Crippen LogP contribution in [-0.2, 0) is 16.4 Å². The van der Waals surface area contributed by atoms with Gasteiger partial charge in [-0.25, -0.2) is 8.42 Å². The predicted molar refractivity (Wildman–Crippen MR) is 50.9 cm³/mol. The van der Waals surface area contributed by atoms with Crippen molar-refractivity contribution in [1.82, 2.24) is 0 Å². The Balaban J connectivity index is 3.06. The fourth-order valence-corrected chi connectivity index (χ4v) is 1.74. The van der Waals surface area contributed by atoms with Gasteiger partial charge >= 0.3 is 0 Å². The second-order valence-corrected chi connectivity index (χ2v) is 4.92. The summed E-state index contributed by atoms with van der Waals surface area (Å²) < 4.78 is 22.7. The summed E-state index contributed by atoms with van der Waals surface area (Å²) in [6, 6.07) is 7.57. The van der Waals surface area contributed by atoms with Gasteiger partial charge in [-0.05, 0) is 17.7 Å². The highest BCUT2D eigenvalue weighted by molar-refractivity contribution is 7.91. The number of hydrogen-bond acceptors (Lipinski definition) is 3. The van der Waals surface area contributed by atoms with E-state index in [1.807, 2.05) is 0 Å². The van der Waals surface area contributed by atoms with Crippen LogP contribution in [0, 0.1) is 6.07 Å². The van der Waals surface area contributed by atoms with Crippen molar-refractivity contribution in [1.29, 1.82) is 0 Å². The zero-order valence-corrected chi connectivity index (χ0v) is 8.26. The van der Waals surface area contributed by atoms with E-state index in [1.54, 1.807) is 25.1 Å². The Morgan fingerprint density at radius 1 is 1.46 bits per heavy atom. The monoisotopic (exact) mass is 198 g/mol. The van der Waals surface area contributed by atoms with Crippen LogP contribution in [0.25, 0.3) is 0 Å². The molecule has 0 aliphatic carbocycles. The van der Waals surface area contributed by atoms with Crippen LogP contribution in [-0.4, -0.2) is 14.2 Å². The van der Waals surface area contributed by atoms with Crippen molar-refractivity contribution in [2.45, 2.75) is 18.4 Å². The Kier molecular flexibility index (Phi) is 3.06. The first-order chi connectivity index (χ1) is 6.10. The number of nitrogens with two attached hydrogens (primary N) is 1. The van der Waals surface area contributed by atoms with E-state index in [2.05, 4.69) is 6.07 Å². The summed E-state index contributed by atoms with van der Waals surface area (Å²) in [6.45, 7) is 2.02. The van der Waals surface area contributed by atoms with Crippen LogP contribution in [0.3, 0.4) is 0 Å². The van der Waals surface area contributed by atoms with E-state index in [0.717, 1.165) is 5.56 Å². The van der Waals surface area contributed by atoms with E-state index in [1.165, 1.54) is 0 Å². The second-order valence-electron chi connectivity index (χ2n) is 2.67. The normalized spacial score (nSPS) is 11.5. The molecular weight excluding hydrogens is 186 g/mol. The highest BCUT2D eigenvalue weighted by Gasteiger charge is 2.10. The fraction of sp³-hybridized carbons (Fsp3) is 0.333. The maximum atomic E-state index is 11.3. The minimum absolute atomic E-state index is 0.103. The molecule has 2 N–H and O–H groups in total. The Morgan fingerprint density at radius 2 is 2.15 bits per heavy atom. The van der Waals surface area contributed by atoms with Crippen molar-refractivity contribution in [3.05, 3.63) is 29.8 Å². The molecule has 71 valence electrons. The van der Waals surface area contributed by atoms with Crippen LogP contribution in [0.15, 0.2) is 23.1 Å². The molecule has 3 nitrogen and oxygen atoms in total. The summed E-state index contributed by atoms with van der Waals surface area (Å²) in [5, 5.41) is 0. The molecule has 4 heteroatoms. The molecule has 0 aromatic heterocycles. The molecule has 0 atom stereocenters. The smallest absolute Gasteiger partial charge is 0.178 e. The molecule has 0 unspecified atom stereocenters. The third kappa shape index (κ3) is 2.29. The zero-order chi connectivity index (χ0) is 9.90. The molecule has 1 rings (SSSR count). The van der Waals surface area contributed by atoms with E-state index in [0.29, 0.717) is 6.54 Å². The van der Waals surface area contributed by atoms with E-state index >= 15 is 0 Å². The highest BCUT2D eigenvalue weighted by atomic mass is 32.2. The molecule has 13 heavy (non-hydrogen) atoms. The first-order valence-electron chi connectivity index (χ1n) is 4.03. The Morgan fingerprint density at radius 3 is 2.54 bits per heavy atom. The number of rotatable bonds is 3. The van der Waals surface area contributed by atoms with Crippen LogP contribution in [0.4, 0.5) is 0 Å². The SMILES string of the molecule is CCS(=O)(=O)c1[c]cc(CN)cc1. The van der Waals surface area contributed by atoms with E-state index in [9.17, 15) is 8.42 Å². The molecule has 0 saturated carbocycles. The zero-order valence-electron chi connectivity index (χ0n) is 7.45. The largest absolute Gasteiger partial charge is 0.326 e. The van der Waals surface area contributed by atoms with E-state index < -0.39 is 9.84 Å². The van der Waals surface area contributed by atoms with Gasteiger partial charge in [0.05, 0.1) is 10.6 Å². The molecule has 0 bridgehead atoms. The van der Waals surface area contributed by atoms with Crippen molar-refractivity contribution in [2.24, 2.45) is 5.73 Å². The second kappa shape index (κ2) is 3.89. The van der Waals surface area contributed by atoms with Crippen molar-refractivity contribution in [3.8, 4) is 0 Å². The minimum atomic E-state index is -3.12. The Hall–Kier alpha value is -0.870. The maximum absolute atomic E-state index is 11.3. The predicted octanol–water partition coefficient (Wildman–Crippen LogP) is 0.739. The maximum Gasteiger partial charge on any atom is 0.178 e. The van der Waals surface area contributed by atoms with Crippen LogP contribution in [0.5, 0.6) is 0 Å². The molecule has 0 heterocycles. The lowest BCUT2D eigenvalue weighted by atomic mass is 10.2. The lowest BCUT2D eigenvalue weighted by molar-refractivity contribution is 0.597. The summed E-state index contributed by atoms with van der Waals surface area (Å²) in [7, 11) is -3.12. The summed E-state index contributed by atoms with van der Waals surface area (Å²) in [5.41, 5.74) is 6.26. The summed E-state index contributed by atoms with van der Waals surface area (Å²) in [6.07, 6.45) is 0. The van der Waals surface area contributed by atoms with Gasteiger partial charge < -0.3 is 5.73 Å². The summed E-state index contributed by atoms with van der Waals surface area (Å²) in [5.74, 6) is 0.103. The van der Waals surface area contributed by atoms with Gasteiger partial charge in [0.2, 0.25) is 0 Å². The van der Waals surface area contributed by atoms with Crippen molar-refractivity contribution in [2.75, 3.05) is 5.75 Å². The standard InChI is InChI=1S/C9H12NO2S/c1-2-13(11,12)9-5-3-8(7-10)4-6-9/h3-5H,2,7,10H2,1H3. The molecule has 0 aliphatic rings. The molecule has 0 fully saturated rings. The van der Waals surface area contributed by atoms with Crippen LogP contribution in [0.2, 0.25) is 0 Å². The molecule has 0 amide bonds. The summed E-state index contributed by atoms with van der Waals surface area (Å²) >= 11 is 0. The molecule has 0 spiro atoms. The molecule has 1 aromatic carbocycles. The van der Waals surface area contributed by atoms with Crippen molar-refractivity contribution in [3.63, 3.8) is 0 Å². The van der Waals surface area contributed by atoms with Gasteiger partial charge in [0, 0.05) is 12.6 Å². The number of hydrogen-bond donors (Lipinski definition) is 1. The van der Waals surface area contributed by atoms with Gasteiger partial charge in [-0.3, -0.25) is 0 Å². The van der Waals surface area contributed by atoms with E-state index in [-0.39, 0.29) is 10.6 Å². The summed E-state index contributed by atoms with van der Waals surface area (Å²) in [4.78, 5) is 0.243. The van der Waals surface area contributed by atoms with Gasteiger partial charge in [0.1, 0.15) is 0 Å². The highest BCUT2D eigenvalue weighted by Crippen LogP contribution is 2.10. The van der Waals surface area contributed by atoms with Gasteiger partial charge in [-0.15, -0.1) is 0 Å². The topological polar surface area (TPSA) is 60.2 Å². The van der Waals surface area contributed by atoms with Crippen molar-refractivity contribution < 1.29 is 8.42 Å². The third-order valence-electron chi connectivity index (χ3n) is 1.80. The molecule has 0 saturated heterocycles. The fourth-order valence-electron chi connectivity index (χ4n) is 0.919. The Bertz CT molecular complexity index is 367. The van der Waals surface area contributed by atoms with Gasteiger partial charge in [0.15, 0.2) is 9.84 Å². The van der Waals surface area contributed by atoms with Gasteiger partial charge in [-0.2, -0.15) is 0 Å². The van der Waals surface area contributed by atoms with Gasteiger partial charge in [0.25, 0.3) is 0 Å². The lowest BCUT2D eigenvalue weighted by Gasteiger charge is -2.01. The first-order valence-corrected chi connectivity index (χ1v) is 5.69. The number of benzene rings is 1. The molecular formula is C9H12NO2S.